The molecule has 218 valence electrons. The van der Waals surface area contributed by atoms with Crippen LogP contribution in [0.25, 0.3) is 5.52 Å². The van der Waals surface area contributed by atoms with E-state index in [0.717, 1.165) is 12.8 Å². The number of esters is 1. The number of nitrogens with zero attached hydrogens (tertiary/aromatic N) is 3. The van der Waals surface area contributed by atoms with Gasteiger partial charge < -0.3 is 24.8 Å². The second-order valence-electron chi connectivity index (χ2n) is 10.2. The number of benzene rings is 1. The second-order valence-corrected chi connectivity index (χ2v) is 11.9. The van der Waals surface area contributed by atoms with Gasteiger partial charge in [-0.3, -0.25) is 9.32 Å². The summed E-state index contributed by atoms with van der Waals surface area (Å²) >= 11 is 0. The normalized spacial score (nSPS) is 23.2. The minimum absolute atomic E-state index is 0.229. The molecule has 1 saturated heterocycles. The van der Waals surface area contributed by atoms with Gasteiger partial charge in [0.2, 0.25) is 0 Å². The third-order valence-corrected chi connectivity index (χ3v) is 8.81. The number of nitrogen functional groups attached to an aromatic ring is 1. The van der Waals surface area contributed by atoms with Crippen molar-refractivity contribution in [3.63, 3.8) is 0 Å². The highest BCUT2D eigenvalue weighted by atomic mass is 31.2. The fourth-order valence-electron chi connectivity index (χ4n) is 4.68. The summed E-state index contributed by atoms with van der Waals surface area (Å²) in [6.07, 6.45) is 1.55. The third kappa shape index (κ3) is 6.82. The van der Waals surface area contributed by atoms with Crippen LogP contribution in [-0.2, 0) is 29.0 Å². The van der Waals surface area contributed by atoms with Crippen LogP contribution in [0.15, 0.2) is 48.8 Å². The van der Waals surface area contributed by atoms with Gasteiger partial charge in [0.15, 0.2) is 5.82 Å². The van der Waals surface area contributed by atoms with Crippen LogP contribution in [-0.4, -0.2) is 57.1 Å². The van der Waals surface area contributed by atoms with Gasteiger partial charge in [0, 0.05) is 6.42 Å². The lowest BCUT2D eigenvalue weighted by Crippen LogP contribution is -2.37. The first-order valence-electron chi connectivity index (χ1n) is 13.5. The lowest BCUT2D eigenvalue weighted by Gasteiger charge is -2.26. The highest BCUT2D eigenvalue weighted by molar-refractivity contribution is 7.52. The number of aliphatic hydroxyl groups excluding tert-OH is 1. The molecule has 2 aromatic heterocycles. The van der Waals surface area contributed by atoms with Gasteiger partial charge in [-0.15, -0.1) is 0 Å². The Morgan fingerprint density at radius 2 is 2.00 bits per heavy atom. The number of carbonyl (C=O) groups is 1. The van der Waals surface area contributed by atoms with E-state index in [1.807, 2.05) is 26.8 Å². The molecule has 4 N–H and O–H groups in total. The molecule has 3 heterocycles. The zero-order valence-corrected chi connectivity index (χ0v) is 24.1. The van der Waals surface area contributed by atoms with E-state index in [0.29, 0.717) is 17.0 Å². The number of aliphatic hydroxyl groups is 1. The van der Waals surface area contributed by atoms with Crippen LogP contribution < -0.4 is 15.3 Å². The van der Waals surface area contributed by atoms with Crippen molar-refractivity contribution in [3.8, 4) is 5.75 Å². The van der Waals surface area contributed by atoms with Gasteiger partial charge >= 0.3 is 13.7 Å². The number of para-hydroxylation sites is 1. The summed E-state index contributed by atoms with van der Waals surface area (Å²) in [5.41, 5.74) is 6.32. The Morgan fingerprint density at radius 3 is 2.70 bits per heavy atom. The van der Waals surface area contributed by atoms with Crippen LogP contribution >= 0.6 is 7.75 Å². The Morgan fingerprint density at radius 1 is 1.27 bits per heavy atom. The molecular formula is C27H38N5O7P. The first-order valence-corrected chi connectivity index (χ1v) is 15.0. The average molecular weight is 576 g/mol. The maximum atomic E-state index is 13.9. The van der Waals surface area contributed by atoms with Crippen molar-refractivity contribution < 1.29 is 33.0 Å². The smallest absolute Gasteiger partial charge is 0.459 e. The second kappa shape index (κ2) is 12.7. The summed E-state index contributed by atoms with van der Waals surface area (Å²) in [5, 5.41) is 17.8. The van der Waals surface area contributed by atoms with Gasteiger partial charge in [0.1, 0.15) is 35.3 Å². The summed E-state index contributed by atoms with van der Waals surface area (Å²) in [5.74, 6) is 0.278. The number of rotatable bonds is 13. The van der Waals surface area contributed by atoms with Crippen molar-refractivity contribution in [1.82, 2.24) is 19.7 Å². The Hall–Kier alpha value is -3.02. The summed E-state index contributed by atoms with van der Waals surface area (Å²) < 4.78 is 38.7. The van der Waals surface area contributed by atoms with Gasteiger partial charge in [-0.05, 0) is 44.0 Å². The molecule has 4 rings (SSSR count). The van der Waals surface area contributed by atoms with Crippen molar-refractivity contribution in [2.75, 3.05) is 18.9 Å². The predicted molar refractivity (Wildman–Crippen MR) is 149 cm³/mol. The minimum Gasteiger partial charge on any atom is -0.464 e. The Bertz CT molecular complexity index is 1340. The number of ether oxygens (including phenoxy) is 2. The highest BCUT2D eigenvalue weighted by Gasteiger charge is 2.47. The highest BCUT2D eigenvalue weighted by Crippen LogP contribution is 2.47. The molecular weight excluding hydrogens is 537 g/mol. The molecule has 1 aliphatic rings. The molecule has 1 aliphatic heterocycles. The van der Waals surface area contributed by atoms with Crippen LogP contribution in [0, 0.1) is 5.92 Å². The molecule has 12 nitrogen and oxygen atoms in total. The summed E-state index contributed by atoms with van der Waals surface area (Å²) in [6, 6.07) is 11.1. The molecule has 13 heteroatoms. The first kappa shape index (κ1) is 30.0. The first-order chi connectivity index (χ1) is 19.1. The van der Waals surface area contributed by atoms with E-state index in [2.05, 4.69) is 15.2 Å². The number of hydrogen-bond acceptors (Lipinski definition) is 10. The van der Waals surface area contributed by atoms with E-state index in [-0.39, 0.29) is 31.3 Å². The van der Waals surface area contributed by atoms with E-state index in [1.54, 1.807) is 40.9 Å². The van der Waals surface area contributed by atoms with E-state index in [9.17, 15) is 14.5 Å². The molecule has 0 amide bonds. The van der Waals surface area contributed by atoms with Crippen molar-refractivity contribution >= 4 is 25.1 Å². The number of hydrogen-bond donors (Lipinski definition) is 3. The van der Waals surface area contributed by atoms with E-state index < -0.39 is 37.6 Å². The minimum atomic E-state index is -4.12. The van der Waals surface area contributed by atoms with E-state index in [4.69, 9.17) is 24.3 Å². The molecule has 0 bridgehead atoms. The molecule has 0 spiro atoms. The summed E-state index contributed by atoms with van der Waals surface area (Å²) in [7, 11) is -4.12. The molecule has 5 atom stereocenters. The zero-order valence-electron chi connectivity index (χ0n) is 23.2. The Labute approximate surface area is 233 Å². The average Bonchev–Trinajstić information content (AvgIpc) is 3.50. The molecule has 0 radical (unpaired) electrons. The molecule has 3 aromatic rings. The van der Waals surface area contributed by atoms with E-state index in [1.165, 1.54) is 13.3 Å². The van der Waals surface area contributed by atoms with Gasteiger partial charge in [-0.2, -0.15) is 10.2 Å². The number of carbonyl (C=O) groups excluding carboxylic acids is 1. The molecule has 1 unspecified atom stereocenters. The molecule has 1 aromatic carbocycles. The Balaban J connectivity index is 1.47. The van der Waals surface area contributed by atoms with Crippen molar-refractivity contribution in [2.45, 2.75) is 70.8 Å². The number of nitrogens with one attached hydrogen (secondary N) is 1. The monoisotopic (exact) mass is 575 g/mol. The number of nitrogens with two attached hydrogens (primary N) is 1. The fourth-order valence-corrected chi connectivity index (χ4v) is 6.18. The number of aromatic nitrogens is 3. The summed E-state index contributed by atoms with van der Waals surface area (Å²) in [4.78, 5) is 16.7. The van der Waals surface area contributed by atoms with Crippen molar-refractivity contribution in [1.29, 1.82) is 0 Å². The van der Waals surface area contributed by atoms with Crippen molar-refractivity contribution in [3.05, 3.63) is 54.5 Å². The largest absolute Gasteiger partial charge is 0.464 e. The molecule has 0 saturated carbocycles. The van der Waals surface area contributed by atoms with E-state index >= 15 is 0 Å². The maximum absolute atomic E-state index is 13.9. The van der Waals surface area contributed by atoms with Gasteiger partial charge in [-0.1, -0.05) is 44.9 Å². The zero-order chi connectivity index (χ0) is 28.9. The maximum Gasteiger partial charge on any atom is 0.459 e. The number of anilines is 1. The van der Waals surface area contributed by atoms with Crippen LogP contribution in [0.2, 0.25) is 0 Å². The lowest BCUT2D eigenvalue weighted by molar-refractivity contribution is -0.146. The van der Waals surface area contributed by atoms with Gasteiger partial charge in [0.05, 0.1) is 25.0 Å². The van der Waals surface area contributed by atoms with Crippen LogP contribution in [0.4, 0.5) is 5.82 Å². The van der Waals surface area contributed by atoms with Crippen LogP contribution in [0.3, 0.4) is 0 Å². The van der Waals surface area contributed by atoms with Crippen LogP contribution in [0.1, 0.15) is 52.7 Å². The quantitative estimate of drug-likeness (QED) is 0.201. The standard InChI is InChI=1S/C27H38N5O7P/c1-5-19(6-2)15-36-26(34)18(3)31-40(35,39-20-10-8-7-9-11-20)37-16-23-22(33)14-27(4,38-23)24-13-12-21-25(28)29-17-30-32(21)24/h7-13,17-19,22-23,33H,5-6,14-16H2,1-4H3,(H,31,35)(H2,28,29,30)/t18-,22-,23+,27+,40?/m0/s1. The third-order valence-electron chi connectivity index (χ3n) is 7.16. The molecule has 0 aliphatic carbocycles. The van der Waals surface area contributed by atoms with Crippen molar-refractivity contribution in [2.24, 2.45) is 5.92 Å². The Kier molecular flexibility index (Phi) is 9.48. The SMILES string of the molecule is CCC(CC)COC(=O)[C@H](C)NP(=O)(OC[C@H]1O[C@@](C)(c2ccc3c(N)ncnn23)C[C@@H]1O)Oc1ccccc1. The topological polar surface area (TPSA) is 160 Å². The summed E-state index contributed by atoms with van der Waals surface area (Å²) in [6.45, 7) is 7.42. The van der Waals surface area contributed by atoms with Crippen LogP contribution in [0.5, 0.6) is 5.75 Å². The lowest BCUT2D eigenvalue weighted by atomic mass is 9.97. The molecule has 1 fully saturated rings. The predicted octanol–water partition coefficient (Wildman–Crippen LogP) is 3.84. The van der Waals surface area contributed by atoms with Gasteiger partial charge in [0.25, 0.3) is 0 Å². The fraction of sp³-hybridized carbons (Fsp3) is 0.519. The number of fused-ring (bicyclic) bond motifs is 1. The van der Waals surface area contributed by atoms with Gasteiger partial charge in [-0.25, -0.2) is 14.1 Å². The molecule has 40 heavy (non-hydrogen) atoms.